The van der Waals surface area contributed by atoms with Crippen molar-refractivity contribution in [3.8, 4) is 17.2 Å². The number of methoxy groups -OCH3 is 2. The Labute approximate surface area is 155 Å². The summed E-state index contributed by atoms with van der Waals surface area (Å²) < 4.78 is 20.7. The molecule has 1 aliphatic heterocycles. The van der Waals surface area contributed by atoms with E-state index in [1.807, 2.05) is 0 Å². The minimum absolute atomic E-state index is 0.167. The van der Waals surface area contributed by atoms with Crippen molar-refractivity contribution in [2.45, 2.75) is 6.92 Å². The lowest BCUT2D eigenvalue weighted by Gasteiger charge is -2.08. The first-order valence-corrected chi connectivity index (χ1v) is 8.03. The van der Waals surface area contributed by atoms with Crippen molar-refractivity contribution in [3.05, 3.63) is 59.3 Å². The van der Waals surface area contributed by atoms with Crippen molar-refractivity contribution >= 4 is 23.9 Å². The van der Waals surface area contributed by atoms with E-state index in [0.717, 1.165) is 5.56 Å². The van der Waals surface area contributed by atoms with Crippen LogP contribution in [-0.2, 0) is 14.3 Å². The zero-order valence-corrected chi connectivity index (χ0v) is 15.0. The maximum atomic E-state index is 12.1. The molecule has 1 aliphatic rings. The second-order valence-corrected chi connectivity index (χ2v) is 5.57. The first-order chi connectivity index (χ1) is 13.0. The molecule has 0 saturated heterocycles. The van der Waals surface area contributed by atoms with Gasteiger partial charge in [0.15, 0.2) is 17.2 Å². The van der Waals surface area contributed by atoms with Gasteiger partial charge in [-0.2, -0.15) is 0 Å². The second-order valence-electron chi connectivity index (χ2n) is 5.57. The standard InChI is InChI=1S/C20H17NO6/c1-12(22)26-15-7-4-13(5-8-15)10-16-20(23)27-19(21-16)14-6-9-17(24-2)18(11-14)25-3/h4-11H,1-3H3. The molecule has 1 heterocycles. The van der Waals surface area contributed by atoms with E-state index in [9.17, 15) is 9.59 Å². The lowest BCUT2D eigenvalue weighted by Crippen LogP contribution is -2.06. The van der Waals surface area contributed by atoms with Gasteiger partial charge in [0.05, 0.1) is 14.2 Å². The largest absolute Gasteiger partial charge is 0.493 e. The number of carbonyl (C=O) groups is 2. The fourth-order valence-corrected chi connectivity index (χ4v) is 2.46. The number of hydrogen-bond donors (Lipinski definition) is 0. The van der Waals surface area contributed by atoms with Crippen LogP contribution in [0.15, 0.2) is 53.2 Å². The molecule has 0 bridgehead atoms. The molecule has 27 heavy (non-hydrogen) atoms. The Morgan fingerprint density at radius 1 is 1.04 bits per heavy atom. The highest BCUT2D eigenvalue weighted by molar-refractivity contribution is 6.13. The fourth-order valence-electron chi connectivity index (χ4n) is 2.46. The Balaban J connectivity index is 1.85. The van der Waals surface area contributed by atoms with E-state index in [1.54, 1.807) is 48.5 Å². The third-order valence-corrected chi connectivity index (χ3v) is 3.70. The van der Waals surface area contributed by atoms with E-state index < -0.39 is 11.9 Å². The molecule has 0 unspecified atom stereocenters. The fraction of sp³-hybridized carbons (Fsp3) is 0.150. The summed E-state index contributed by atoms with van der Waals surface area (Å²) in [5.74, 6) is 0.729. The summed E-state index contributed by atoms with van der Waals surface area (Å²) in [4.78, 5) is 27.3. The molecule has 7 heteroatoms. The zero-order valence-electron chi connectivity index (χ0n) is 15.0. The molecule has 0 saturated carbocycles. The van der Waals surface area contributed by atoms with Gasteiger partial charge in [0, 0.05) is 12.5 Å². The lowest BCUT2D eigenvalue weighted by molar-refractivity contribution is -0.132. The highest BCUT2D eigenvalue weighted by Crippen LogP contribution is 2.29. The van der Waals surface area contributed by atoms with E-state index in [2.05, 4.69) is 4.99 Å². The molecular formula is C20H17NO6. The predicted octanol–water partition coefficient (Wildman–Crippen LogP) is 2.97. The Morgan fingerprint density at radius 3 is 2.37 bits per heavy atom. The molecule has 0 amide bonds. The summed E-state index contributed by atoms with van der Waals surface area (Å²) in [5, 5.41) is 0. The van der Waals surface area contributed by atoms with Crippen LogP contribution < -0.4 is 14.2 Å². The quantitative estimate of drug-likeness (QED) is 0.459. The molecule has 0 aromatic heterocycles. The summed E-state index contributed by atoms with van der Waals surface area (Å²) in [6.07, 6.45) is 1.59. The molecule has 0 fully saturated rings. The van der Waals surface area contributed by atoms with E-state index in [4.69, 9.17) is 18.9 Å². The maximum Gasteiger partial charge on any atom is 0.363 e. The summed E-state index contributed by atoms with van der Waals surface area (Å²) >= 11 is 0. The van der Waals surface area contributed by atoms with Gasteiger partial charge >= 0.3 is 11.9 Å². The van der Waals surface area contributed by atoms with E-state index in [-0.39, 0.29) is 11.6 Å². The van der Waals surface area contributed by atoms with Gasteiger partial charge in [-0.05, 0) is 42.0 Å². The lowest BCUT2D eigenvalue weighted by atomic mass is 10.2. The van der Waals surface area contributed by atoms with Gasteiger partial charge in [0.2, 0.25) is 5.90 Å². The number of rotatable bonds is 5. The first-order valence-electron chi connectivity index (χ1n) is 8.03. The molecule has 0 N–H and O–H groups in total. The highest BCUT2D eigenvalue weighted by atomic mass is 16.6. The number of hydrogen-bond acceptors (Lipinski definition) is 7. The Bertz CT molecular complexity index is 943. The highest BCUT2D eigenvalue weighted by Gasteiger charge is 2.25. The Hall–Kier alpha value is -3.61. The van der Waals surface area contributed by atoms with Crippen LogP contribution in [0.3, 0.4) is 0 Å². The van der Waals surface area contributed by atoms with Crippen molar-refractivity contribution in [2.24, 2.45) is 4.99 Å². The number of nitrogens with zero attached hydrogens (tertiary/aromatic N) is 1. The van der Waals surface area contributed by atoms with Crippen molar-refractivity contribution in [1.29, 1.82) is 0 Å². The molecule has 3 rings (SSSR count). The molecule has 138 valence electrons. The third-order valence-electron chi connectivity index (χ3n) is 3.70. The molecular weight excluding hydrogens is 350 g/mol. The number of aliphatic imine (C=N–C) groups is 1. The Morgan fingerprint density at radius 2 is 1.74 bits per heavy atom. The van der Waals surface area contributed by atoms with Crippen molar-refractivity contribution < 1.29 is 28.5 Å². The molecule has 0 radical (unpaired) electrons. The van der Waals surface area contributed by atoms with Crippen molar-refractivity contribution in [3.63, 3.8) is 0 Å². The normalized spacial score (nSPS) is 14.6. The average molecular weight is 367 g/mol. The molecule has 7 nitrogen and oxygen atoms in total. The Kier molecular flexibility index (Phi) is 5.21. The van der Waals surface area contributed by atoms with Gasteiger partial charge in [-0.25, -0.2) is 9.79 Å². The predicted molar refractivity (Wildman–Crippen MR) is 97.9 cm³/mol. The van der Waals surface area contributed by atoms with Crippen LogP contribution in [0.25, 0.3) is 6.08 Å². The van der Waals surface area contributed by atoms with Gasteiger partial charge in [-0.3, -0.25) is 4.79 Å². The zero-order chi connectivity index (χ0) is 19.4. The van der Waals surface area contributed by atoms with E-state index >= 15 is 0 Å². The van der Waals surface area contributed by atoms with Gasteiger partial charge < -0.3 is 18.9 Å². The van der Waals surface area contributed by atoms with Crippen molar-refractivity contribution in [2.75, 3.05) is 14.2 Å². The van der Waals surface area contributed by atoms with Crippen LogP contribution in [0, 0.1) is 0 Å². The number of esters is 2. The van der Waals surface area contributed by atoms with Crippen LogP contribution in [-0.4, -0.2) is 32.1 Å². The molecule has 0 aliphatic carbocycles. The first kappa shape index (κ1) is 18.2. The topological polar surface area (TPSA) is 83.4 Å². The number of benzene rings is 2. The number of cyclic esters (lactones) is 1. The number of ether oxygens (including phenoxy) is 4. The maximum absolute atomic E-state index is 12.1. The average Bonchev–Trinajstić information content (AvgIpc) is 3.02. The molecule has 2 aromatic carbocycles. The van der Waals surface area contributed by atoms with Crippen LogP contribution in [0.2, 0.25) is 0 Å². The SMILES string of the molecule is COc1ccc(C2=NC(=Cc3ccc(OC(C)=O)cc3)C(=O)O2)cc1OC. The minimum Gasteiger partial charge on any atom is -0.493 e. The number of carbonyl (C=O) groups excluding carboxylic acids is 2. The monoisotopic (exact) mass is 367 g/mol. The van der Waals surface area contributed by atoms with Crippen LogP contribution in [0.5, 0.6) is 17.2 Å². The van der Waals surface area contributed by atoms with Crippen LogP contribution >= 0.6 is 0 Å². The van der Waals surface area contributed by atoms with Gasteiger partial charge in [0.25, 0.3) is 0 Å². The van der Waals surface area contributed by atoms with Crippen molar-refractivity contribution in [1.82, 2.24) is 0 Å². The summed E-state index contributed by atoms with van der Waals surface area (Å²) in [7, 11) is 3.06. The smallest absolute Gasteiger partial charge is 0.363 e. The van der Waals surface area contributed by atoms with E-state index in [1.165, 1.54) is 21.1 Å². The summed E-state index contributed by atoms with van der Waals surface area (Å²) in [6.45, 7) is 1.33. The van der Waals surface area contributed by atoms with Gasteiger partial charge in [-0.1, -0.05) is 12.1 Å². The third kappa shape index (κ3) is 4.14. The second kappa shape index (κ2) is 7.74. The molecule has 2 aromatic rings. The molecule has 0 atom stereocenters. The molecule has 0 spiro atoms. The van der Waals surface area contributed by atoms with Crippen LogP contribution in [0.4, 0.5) is 0 Å². The minimum atomic E-state index is -0.552. The summed E-state index contributed by atoms with van der Waals surface area (Å²) in [5.41, 5.74) is 1.48. The summed E-state index contributed by atoms with van der Waals surface area (Å²) in [6, 6.07) is 11.8. The van der Waals surface area contributed by atoms with Gasteiger partial charge in [-0.15, -0.1) is 0 Å². The van der Waals surface area contributed by atoms with Gasteiger partial charge in [0.1, 0.15) is 5.75 Å². The van der Waals surface area contributed by atoms with Crippen LogP contribution in [0.1, 0.15) is 18.1 Å². The van der Waals surface area contributed by atoms with E-state index in [0.29, 0.717) is 22.8 Å².